The summed E-state index contributed by atoms with van der Waals surface area (Å²) in [6.45, 7) is 8.50. The summed E-state index contributed by atoms with van der Waals surface area (Å²) in [5, 5.41) is 0. The molecule has 4 heteroatoms. The molecular weight excluding hydrogens is 376 g/mol. The highest BCUT2D eigenvalue weighted by atomic mass is 16.6. The van der Waals surface area contributed by atoms with Gasteiger partial charge in [-0.25, -0.2) is 9.59 Å². The second-order valence-electron chi connectivity index (χ2n) is 6.37. The zero-order chi connectivity index (χ0) is 22.2. The first-order valence-corrected chi connectivity index (χ1v) is 10.2. The molecule has 0 aliphatic heterocycles. The molecule has 4 nitrogen and oxygen atoms in total. The van der Waals surface area contributed by atoms with Crippen LogP contribution in [-0.2, 0) is 0 Å². The third kappa shape index (κ3) is 8.74. The van der Waals surface area contributed by atoms with Crippen LogP contribution in [0.5, 0.6) is 11.5 Å². The van der Waals surface area contributed by atoms with Crippen LogP contribution in [-0.4, -0.2) is 11.9 Å². The molecule has 3 aromatic rings. The monoisotopic (exact) mass is 406 g/mol. The van der Waals surface area contributed by atoms with Gasteiger partial charge in [-0.15, -0.1) is 0 Å². The molecule has 0 aliphatic carbocycles. The summed E-state index contributed by atoms with van der Waals surface area (Å²) in [6.07, 6.45) is 2.50. The third-order valence-corrected chi connectivity index (χ3v) is 3.27. The molecule has 0 saturated heterocycles. The molecule has 0 fully saturated rings. The van der Waals surface area contributed by atoms with E-state index in [2.05, 4.69) is 27.7 Å². The zero-order valence-electron chi connectivity index (χ0n) is 18.1. The number of carbonyl (C=O) groups excluding carboxylic acids is 2. The lowest BCUT2D eigenvalue weighted by Gasteiger charge is -2.10. The van der Waals surface area contributed by atoms with Crippen LogP contribution in [0.15, 0.2) is 84.9 Å². The normalized spacial score (nSPS) is 9.20. The smallest absolute Gasteiger partial charge is 0.343 e. The maximum atomic E-state index is 12.2. The van der Waals surface area contributed by atoms with Gasteiger partial charge in [-0.2, -0.15) is 0 Å². The van der Waals surface area contributed by atoms with E-state index in [4.69, 9.17) is 9.47 Å². The molecule has 0 aromatic heterocycles. The Bertz CT molecular complexity index is 799. The first-order chi connectivity index (χ1) is 14.6. The summed E-state index contributed by atoms with van der Waals surface area (Å²) >= 11 is 0. The highest BCUT2D eigenvalue weighted by Gasteiger charge is 2.15. The average Bonchev–Trinajstić information content (AvgIpc) is 2.77. The molecule has 0 bridgehead atoms. The van der Waals surface area contributed by atoms with Crippen molar-refractivity contribution in [1.29, 1.82) is 0 Å². The second kappa shape index (κ2) is 14.6. The Kier molecular flexibility index (Phi) is 12.0. The van der Waals surface area contributed by atoms with E-state index in [9.17, 15) is 9.59 Å². The van der Waals surface area contributed by atoms with Gasteiger partial charge in [-0.1, -0.05) is 89.1 Å². The standard InChI is InChI=1S/C20H14O4.2C3H8/c21-19(15-9-3-1-4-10-15)23-17-13-7-8-14-18(17)24-20(22)16-11-5-2-6-12-16;2*1-3-2/h1-14H;2*3H2,1-2H3. The average molecular weight is 407 g/mol. The van der Waals surface area contributed by atoms with Crippen molar-refractivity contribution in [1.82, 2.24) is 0 Å². The van der Waals surface area contributed by atoms with E-state index in [0.717, 1.165) is 0 Å². The maximum absolute atomic E-state index is 12.2. The van der Waals surface area contributed by atoms with Crippen LogP contribution in [0, 0.1) is 0 Å². The van der Waals surface area contributed by atoms with Gasteiger partial charge in [0.1, 0.15) is 0 Å². The molecule has 0 spiro atoms. The van der Waals surface area contributed by atoms with Crippen LogP contribution in [0.25, 0.3) is 0 Å². The van der Waals surface area contributed by atoms with Crippen molar-refractivity contribution < 1.29 is 19.1 Å². The van der Waals surface area contributed by atoms with E-state index in [0.29, 0.717) is 11.1 Å². The van der Waals surface area contributed by atoms with Gasteiger partial charge in [0.05, 0.1) is 11.1 Å². The fourth-order valence-corrected chi connectivity index (χ4v) is 2.08. The van der Waals surface area contributed by atoms with Gasteiger partial charge in [-0.05, 0) is 36.4 Å². The highest BCUT2D eigenvalue weighted by Crippen LogP contribution is 2.28. The number of ether oxygens (including phenoxy) is 2. The van der Waals surface area contributed by atoms with Gasteiger partial charge in [0.25, 0.3) is 0 Å². The van der Waals surface area contributed by atoms with Gasteiger partial charge >= 0.3 is 11.9 Å². The molecule has 0 radical (unpaired) electrons. The van der Waals surface area contributed by atoms with Crippen LogP contribution >= 0.6 is 0 Å². The lowest BCUT2D eigenvalue weighted by Crippen LogP contribution is -2.12. The minimum Gasteiger partial charge on any atom is -0.419 e. The summed E-state index contributed by atoms with van der Waals surface area (Å²) < 4.78 is 10.7. The molecule has 30 heavy (non-hydrogen) atoms. The van der Waals surface area contributed by atoms with E-state index in [1.807, 2.05) is 12.1 Å². The third-order valence-electron chi connectivity index (χ3n) is 3.27. The largest absolute Gasteiger partial charge is 0.419 e. The molecule has 0 amide bonds. The fraction of sp³-hybridized carbons (Fsp3) is 0.231. The Morgan fingerprint density at radius 3 is 1.10 bits per heavy atom. The van der Waals surface area contributed by atoms with Gasteiger partial charge in [0.15, 0.2) is 11.5 Å². The van der Waals surface area contributed by atoms with Gasteiger partial charge < -0.3 is 9.47 Å². The Labute approximate surface area is 179 Å². The molecule has 3 aromatic carbocycles. The minimum atomic E-state index is -0.515. The van der Waals surface area contributed by atoms with Crippen molar-refractivity contribution in [3.63, 3.8) is 0 Å². The molecule has 0 atom stereocenters. The van der Waals surface area contributed by atoms with Gasteiger partial charge in [0.2, 0.25) is 0 Å². The number of hydrogen-bond donors (Lipinski definition) is 0. The summed E-state index contributed by atoms with van der Waals surface area (Å²) in [5.74, 6) is -0.649. The van der Waals surface area contributed by atoms with Gasteiger partial charge in [0, 0.05) is 0 Å². The van der Waals surface area contributed by atoms with Crippen LogP contribution in [0.4, 0.5) is 0 Å². The quantitative estimate of drug-likeness (QED) is 0.347. The topological polar surface area (TPSA) is 52.6 Å². The molecule has 0 saturated carbocycles. The van der Waals surface area contributed by atoms with E-state index in [1.54, 1.807) is 72.8 Å². The van der Waals surface area contributed by atoms with Gasteiger partial charge in [-0.3, -0.25) is 0 Å². The molecular formula is C26H30O4. The number of para-hydroxylation sites is 2. The number of benzene rings is 3. The molecule has 0 heterocycles. The van der Waals surface area contributed by atoms with Crippen molar-refractivity contribution in [3.05, 3.63) is 96.1 Å². The molecule has 0 N–H and O–H groups in total. The van der Waals surface area contributed by atoms with E-state index >= 15 is 0 Å². The number of carbonyl (C=O) groups is 2. The van der Waals surface area contributed by atoms with E-state index in [-0.39, 0.29) is 11.5 Å². The fourth-order valence-electron chi connectivity index (χ4n) is 2.08. The predicted octanol–water partition coefficient (Wildman–Crippen LogP) is 6.96. The zero-order valence-corrected chi connectivity index (χ0v) is 18.1. The van der Waals surface area contributed by atoms with Crippen LogP contribution < -0.4 is 9.47 Å². The second-order valence-corrected chi connectivity index (χ2v) is 6.37. The minimum absolute atomic E-state index is 0.190. The van der Waals surface area contributed by atoms with Crippen molar-refractivity contribution in [2.45, 2.75) is 40.5 Å². The Balaban J connectivity index is 0.000000672. The first kappa shape index (κ1) is 24.6. The van der Waals surface area contributed by atoms with Crippen molar-refractivity contribution in [3.8, 4) is 11.5 Å². The van der Waals surface area contributed by atoms with Crippen LogP contribution in [0.3, 0.4) is 0 Å². The molecule has 0 unspecified atom stereocenters. The number of hydrogen-bond acceptors (Lipinski definition) is 4. The van der Waals surface area contributed by atoms with E-state index < -0.39 is 11.9 Å². The lowest BCUT2D eigenvalue weighted by molar-refractivity contribution is 0.0682. The summed E-state index contributed by atoms with van der Waals surface area (Å²) in [4.78, 5) is 24.3. The first-order valence-electron chi connectivity index (χ1n) is 10.2. The Morgan fingerprint density at radius 2 is 0.800 bits per heavy atom. The summed E-state index contributed by atoms with van der Waals surface area (Å²) in [6, 6.07) is 23.8. The highest BCUT2D eigenvalue weighted by molar-refractivity contribution is 5.93. The summed E-state index contributed by atoms with van der Waals surface area (Å²) in [5.41, 5.74) is 0.836. The lowest BCUT2D eigenvalue weighted by atomic mass is 10.2. The number of esters is 2. The van der Waals surface area contributed by atoms with Crippen LogP contribution in [0.1, 0.15) is 61.3 Å². The maximum Gasteiger partial charge on any atom is 0.343 e. The summed E-state index contributed by atoms with van der Waals surface area (Å²) in [7, 11) is 0. The van der Waals surface area contributed by atoms with E-state index in [1.165, 1.54) is 12.8 Å². The van der Waals surface area contributed by atoms with Crippen LogP contribution in [0.2, 0.25) is 0 Å². The molecule has 158 valence electrons. The van der Waals surface area contributed by atoms with Crippen molar-refractivity contribution >= 4 is 11.9 Å². The van der Waals surface area contributed by atoms with Crippen molar-refractivity contribution in [2.24, 2.45) is 0 Å². The SMILES string of the molecule is CCC.CCC.O=C(Oc1ccccc1OC(=O)c1ccccc1)c1ccccc1. The molecule has 3 rings (SSSR count). The Hall–Kier alpha value is -3.40. The number of rotatable bonds is 4. The Morgan fingerprint density at radius 1 is 0.533 bits per heavy atom. The molecule has 0 aliphatic rings. The van der Waals surface area contributed by atoms with Crippen molar-refractivity contribution in [2.75, 3.05) is 0 Å². The predicted molar refractivity (Wildman–Crippen MR) is 121 cm³/mol.